The number of rotatable bonds is 2. The maximum atomic E-state index is 12.7. The molecule has 0 amide bonds. The summed E-state index contributed by atoms with van der Waals surface area (Å²) in [5.74, 6) is 0.450. The molecule has 0 aliphatic heterocycles. The first kappa shape index (κ1) is 12.3. The van der Waals surface area contributed by atoms with E-state index in [4.69, 9.17) is 5.73 Å². The highest BCUT2D eigenvalue weighted by Gasteiger charge is 2.33. The van der Waals surface area contributed by atoms with Crippen LogP contribution in [0.5, 0.6) is 0 Å². The largest absolute Gasteiger partial charge is 0.416 e. The molecule has 2 rings (SSSR count). The van der Waals surface area contributed by atoms with E-state index in [2.05, 4.69) is 15.0 Å². The third kappa shape index (κ3) is 2.73. The van der Waals surface area contributed by atoms with Gasteiger partial charge in [-0.2, -0.15) is 13.2 Å². The van der Waals surface area contributed by atoms with Gasteiger partial charge in [-0.1, -0.05) is 0 Å². The van der Waals surface area contributed by atoms with Crippen LogP contribution in [0.25, 0.3) is 0 Å². The summed E-state index contributed by atoms with van der Waals surface area (Å²) >= 11 is 0. The Morgan fingerprint density at radius 3 is 2.61 bits per heavy atom. The number of pyridine rings is 1. The Hall–Kier alpha value is -2.18. The molecular formula is C11H9F3N4. The van der Waals surface area contributed by atoms with E-state index in [9.17, 15) is 13.2 Å². The van der Waals surface area contributed by atoms with Gasteiger partial charge in [-0.15, -0.1) is 0 Å². The maximum absolute atomic E-state index is 12.7. The minimum Gasteiger partial charge on any atom is -0.384 e. The lowest BCUT2D eigenvalue weighted by Crippen LogP contribution is -2.11. The zero-order valence-corrected chi connectivity index (χ0v) is 9.15. The maximum Gasteiger partial charge on any atom is 0.416 e. The van der Waals surface area contributed by atoms with E-state index >= 15 is 0 Å². The van der Waals surface area contributed by atoms with Crippen LogP contribution in [0, 0.1) is 0 Å². The van der Waals surface area contributed by atoms with Gasteiger partial charge in [0.05, 0.1) is 5.56 Å². The van der Waals surface area contributed by atoms with Crippen LogP contribution in [0.15, 0.2) is 30.7 Å². The standard InChI is InChI=1S/C11H9F3N4/c12-11(13,14)8-1-3-16-6-7(8)5-10-17-4-2-9(15)18-10/h1-4,6H,5H2,(H2,15,17,18). The number of nitrogen functional groups attached to an aromatic ring is 1. The van der Waals surface area contributed by atoms with Gasteiger partial charge in [0.2, 0.25) is 0 Å². The van der Waals surface area contributed by atoms with E-state index in [1.165, 1.54) is 12.3 Å². The Morgan fingerprint density at radius 1 is 1.17 bits per heavy atom. The third-order valence-electron chi connectivity index (χ3n) is 2.28. The molecule has 0 saturated carbocycles. The minimum absolute atomic E-state index is 0.0237. The Bertz CT molecular complexity index is 554. The highest BCUT2D eigenvalue weighted by Crippen LogP contribution is 2.32. The highest BCUT2D eigenvalue weighted by atomic mass is 19.4. The van der Waals surface area contributed by atoms with E-state index in [1.807, 2.05) is 0 Å². The number of nitrogens with zero attached hydrogens (tertiary/aromatic N) is 3. The molecule has 0 aliphatic carbocycles. The summed E-state index contributed by atoms with van der Waals surface area (Å²) < 4.78 is 38.2. The fourth-order valence-electron chi connectivity index (χ4n) is 1.51. The number of anilines is 1. The minimum atomic E-state index is -4.42. The molecule has 2 N–H and O–H groups in total. The summed E-state index contributed by atoms with van der Waals surface area (Å²) in [5, 5.41) is 0. The molecule has 0 atom stereocenters. The van der Waals surface area contributed by atoms with E-state index in [0.29, 0.717) is 0 Å². The lowest BCUT2D eigenvalue weighted by molar-refractivity contribution is -0.138. The fourth-order valence-corrected chi connectivity index (χ4v) is 1.51. The van der Waals surface area contributed by atoms with Crippen LogP contribution in [-0.4, -0.2) is 15.0 Å². The number of hydrogen-bond donors (Lipinski definition) is 1. The molecule has 0 unspecified atom stereocenters. The van der Waals surface area contributed by atoms with Crippen molar-refractivity contribution in [3.63, 3.8) is 0 Å². The summed E-state index contributed by atoms with van der Waals surface area (Å²) in [4.78, 5) is 11.4. The van der Waals surface area contributed by atoms with Gasteiger partial charge in [0.15, 0.2) is 0 Å². The summed E-state index contributed by atoms with van der Waals surface area (Å²) in [5.41, 5.74) is 4.74. The molecule has 0 fully saturated rings. The summed E-state index contributed by atoms with van der Waals surface area (Å²) in [7, 11) is 0. The molecule has 2 aromatic heterocycles. The first-order valence-corrected chi connectivity index (χ1v) is 5.04. The van der Waals surface area contributed by atoms with Crippen molar-refractivity contribution >= 4 is 5.82 Å². The van der Waals surface area contributed by atoms with Crippen LogP contribution < -0.4 is 5.73 Å². The molecule has 7 heteroatoms. The molecule has 0 radical (unpaired) electrons. The van der Waals surface area contributed by atoms with Gasteiger partial charge in [-0.3, -0.25) is 4.98 Å². The van der Waals surface area contributed by atoms with Crippen LogP contribution in [0.4, 0.5) is 19.0 Å². The van der Waals surface area contributed by atoms with Crippen LogP contribution in [0.2, 0.25) is 0 Å². The van der Waals surface area contributed by atoms with Crippen molar-refractivity contribution in [1.82, 2.24) is 15.0 Å². The van der Waals surface area contributed by atoms with E-state index in [-0.39, 0.29) is 23.6 Å². The van der Waals surface area contributed by atoms with Crippen molar-refractivity contribution in [2.75, 3.05) is 5.73 Å². The quantitative estimate of drug-likeness (QED) is 0.890. The molecule has 0 bridgehead atoms. The van der Waals surface area contributed by atoms with Crippen molar-refractivity contribution in [2.45, 2.75) is 12.6 Å². The molecular weight excluding hydrogens is 245 g/mol. The summed E-state index contributed by atoms with van der Waals surface area (Å²) in [6, 6.07) is 2.40. The van der Waals surface area contributed by atoms with Crippen LogP contribution in [0.1, 0.15) is 17.0 Å². The number of nitrogens with two attached hydrogens (primary N) is 1. The Kier molecular flexibility index (Phi) is 3.14. The summed E-state index contributed by atoms with van der Waals surface area (Å²) in [6.07, 6.45) is -0.810. The second-order valence-electron chi connectivity index (χ2n) is 3.61. The lowest BCUT2D eigenvalue weighted by Gasteiger charge is -2.11. The Morgan fingerprint density at radius 2 is 1.94 bits per heavy atom. The number of hydrogen-bond acceptors (Lipinski definition) is 4. The molecule has 94 valence electrons. The van der Waals surface area contributed by atoms with Crippen molar-refractivity contribution in [3.05, 3.63) is 47.7 Å². The monoisotopic (exact) mass is 254 g/mol. The average molecular weight is 254 g/mol. The molecule has 18 heavy (non-hydrogen) atoms. The van der Waals surface area contributed by atoms with E-state index in [1.54, 1.807) is 0 Å². The van der Waals surface area contributed by atoms with Gasteiger partial charge in [-0.25, -0.2) is 9.97 Å². The average Bonchev–Trinajstić information content (AvgIpc) is 2.28. The smallest absolute Gasteiger partial charge is 0.384 e. The molecule has 4 nitrogen and oxygen atoms in total. The SMILES string of the molecule is Nc1ccnc(Cc2cnccc2C(F)(F)F)n1. The number of halogens is 3. The van der Waals surface area contributed by atoms with Gasteiger partial charge < -0.3 is 5.73 Å². The van der Waals surface area contributed by atoms with Crippen molar-refractivity contribution < 1.29 is 13.2 Å². The zero-order valence-electron chi connectivity index (χ0n) is 9.15. The second-order valence-corrected chi connectivity index (χ2v) is 3.61. The van der Waals surface area contributed by atoms with Crippen molar-refractivity contribution in [3.8, 4) is 0 Å². The van der Waals surface area contributed by atoms with E-state index < -0.39 is 11.7 Å². The Labute approximate surface area is 101 Å². The zero-order chi connectivity index (χ0) is 13.2. The Balaban J connectivity index is 2.35. The summed E-state index contributed by atoms with van der Waals surface area (Å²) in [6.45, 7) is 0. The van der Waals surface area contributed by atoms with E-state index in [0.717, 1.165) is 18.5 Å². The van der Waals surface area contributed by atoms with Crippen LogP contribution in [-0.2, 0) is 12.6 Å². The van der Waals surface area contributed by atoms with Gasteiger partial charge in [0, 0.05) is 25.0 Å². The van der Waals surface area contributed by atoms with Crippen molar-refractivity contribution in [1.29, 1.82) is 0 Å². The van der Waals surface area contributed by atoms with Gasteiger partial charge in [0.25, 0.3) is 0 Å². The van der Waals surface area contributed by atoms with Gasteiger partial charge in [0.1, 0.15) is 11.6 Å². The predicted octanol–water partition coefficient (Wildman–Crippen LogP) is 2.06. The highest BCUT2D eigenvalue weighted by molar-refractivity contribution is 5.31. The molecule has 0 saturated heterocycles. The number of aromatic nitrogens is 3. The third-order valence-corrected chi connectivity index (χ3v) is 2.28. The molecule has 2 heterocycles. The molecule has 2 aromatic rings. The molecule has 0 spiro atoms. The molecule has 0 aromatic carbocycles. The van der Waals surface area contributed by atoms with Crippen LogP contribution >= 0.6 is 0 Å². The second kappa shape index (κ2) is 4.59. The van der Waals surface area contributed by atoms with Gasteiger partial charge in [-0.05, 0) is 17.7 Å². The van der Waals surface area contributed by atoms with Gasteiger partial charge >= 0.3 is 6.18 Å². The lowest BCUT2D eigenvalue weighted by atomic mass is 10.1. The topological polar surface area (TPSA) is 64.7 Å². The normalized spacial score (nSPS) is 11.5. The molecule has 0 aliphatic rings. The first-order chi connectivity index (χ1) is 8.47. The first-order valence-electron chi connectivity index (χ1n) is 5.04. The fraction of sp³-hybridized carbons (Fsp3) is 0.182. The predicted molar refractivity (Wildman–Crippen MR) is 58.5 cm³/mol. The van der Waals surface area contributed by atoms with Crippen LogP contribution in [0.3, 0.4) is 0 Å². The number of alkyl halides is 3. The van der Waals surface area contributed by atoms with Crippen molar-refractivity contribution in [2.24, 2.45) is 0 Å².